The molecule has 3 N–H and O–H groups in total. The molecule has 1 unspecified atom stereocenters. The Morgan fingerprint density at radius 2 is 1.66 bits per heavy atom. The highest BCUT2D eigenvalue weighted by atomic mass is 35.5. The minimum atomic E-state index is -0.409. The zero-order valence-electron chi connectivity index (χ0n) is 16.9. The zero-order chi connectivity index (χ0) is 22.3. The van der Waals surface area contributed by atoms with Crippen LogP contribution in [0.25, 0.3) is 0 Å². The average molecular weight is 467 g/mol. The second-order valence-corrected chi connectivity index (χ2v) is 7.91. The standard InChI is InChI=1S/C24H20Cl2N4O2/c25-17-11-16(12-18(26)14-17)13-22(23-27-9-10-28-23)32-21-8-4-7-20(15-21)30-24(31)29-19-5-2-1-3-6-19/h1-12,14-15,22H,13H2,(H,27,28)(H2,29,30,31). The lowest BCUT2D eigenvalue weighted by Crippen LogP contribution is -2.19. The number of nitrogens with one attached hydrogen (secondary N) is 3. The Kier molecular flexibility index (Phi) is 6.94. The van der Waals surface area contributed by atoms with E-state index in [9.17, 15) is 4.79 Å². The lowest BCUT2D eigenvalue weighted by molar-refractivity contribution is 0.197. The summed E-state index contributed by atoms with van der Waals surface area (Å²) in [7, 11) is 0. The number of nitrogens with zero attached hydrogens (tertiary/aromatic N) is 1. The van der Waals surface area contributed by atoms with E-state index in [1.54, 1.807) is 30.6 Å². The van der Waals surface area contributed by atoms with Crippen molar-refractivity contribution in [1.29, 1.82) is 0 Å². The Morgan fingerprint density at radius 1 is 0.938 bits per heavy atom. The molecule has 32 heavy (non-hydrogen) atoms. The van der Waals surface area contributed by atoms with Gasteiger partial charge < -0.3 is 20.4 Å². The molecular formula is C24H20Cl2N4O2. The number of rotatable bonds is 7. The number of ether oxygens (including phenoxy) is 1. The molecule has 3 aromatic carbocycles. The number of aromatic nitrogens is 2. The summed E-state index contributed by atoms with van der Waals surface area (Å²) in [5, 5.41) is 6.71. The Labute approximate surface area is 195 Å². The highest BCUT2D eigenvalue weighted by molar-refractivity contribution is 6.34. The molecule has 0 radical (unpaired) electrons. The van der Waals surface area contributed by atoms with Crippen LogP contribution >= 0.6 is 23.2 Å². The van der Waals surface area contributed by atoms with E-state index in [0.717, 1.165) is 5.56 Å². The van der Waals surface area contributed by atoms with Crippen molar-refractivity contribution in [3.8, 4) is 5.75 Å². The Morgan fingerprint density at radius 3 is 2.38 bits per heavy atom. The number of imidazole rings is 1. The Hall–Kier alpha value is -3.48. The van der Waals surface area contributed by atoms with E-state index >= 15 is 0 Å². The largest absolute Gasteiger partial charge is 0.482 e. The molecule has 0 aliphatic rings. The summed E-state index contributed by atoms with van der Waals surface area (Å²) >= 11 is 12.3. The highest BCUT2D eigenvalue weighted by Crippen LogP contribution is 2.28. The van der Waals surface area contributed by atoms with Gasteiger partial charge in [0.25, 0.3) is 0 Å². The monoisotopic (exact) mass is 466 g/mol. The third kappa shape index (κ3) is 6.03. The van der Waals surface area contributed by atoms with E-state index in [1.807, 2.05) is 54.6 Å². The van der Waals surface area contributed by atoms with Crippen LogP contribution in [0.1, 0.15) is 17.5 Å². The van der Waals surface area contributed by atoms with Gasteiger partial charge in [-0.25, -0.2) is 9.78 Å². The number of hydrogen-bond donors (Lipinski definition) is 3. The van der Waals surface area contributed by atoms with Gasteiger partial charge >= 0.3 is 6.03 Å². The quantitative estimate of drug-likeness (QED) is 0.282. The first-order valence-corrected chi connectivity index (χ1v) is 10.6. The molecule has 4 aromatic rings. The van der Waals surface area contributed by atoms with Gasteiger partial charge in [-0.15, -0.1) is 0 Å². The number of carbonyl (C=O) groups excluding carboxylic acids is 1. The van der Waals surface area contributed by atoms with Crippen LogP contribution in [0.2, 0.25) is 10.0 Å². The molecule has 0 saturated heterocycles. The van der Waals surface area contributed by atoms with Crippen LogP contribution in [0.4, 0.5) is 16.2 Å². The minimum absolute atomic E-state index is 0.343. The third-order valence-corrected chi connectivity index (χ3v) is 5.01. The summed E-state index contributed by atoms with van der Waals surface area (Å²) in [5.74, 6) is 1.25. The van der Waals surface area contributed by atoms with E-state index in [4.69, 9.17) is 27.9 Å². The normalized spacial score (nSPS) is 11.6. The number of benzene rings is 3. The summed E-state index contributed by atoms with van der Waals surface area (Å²) in [6, 6.07) is 21.4. The number of hydrogen-bond acceptors (Lipinski definition) is 3. The van der Waals surface area contributed by atoms with Crippen molar-refractivity contribution < 1.29 is 9.53 Å². The van der Waals surface area contributed by atoms with Crippen molar-refractivity contribution in [3.63, 3.8) is 0 Å². The van der Waals surface area contributed by atoms with Crippen molar-refractivity contribution in [1.82, 2.24) is 9.97 Å². The van der Waals surface area contributed by atoms with Crippen LogP contribution in [0.5, 0.6) is 5.75 Å². The molecule has 1 heterocycles. The smallest absolute Gasteiger partial charge is 0.323 e. The first-order valence-electron chi connectivity index (χ1n) is 9.89. The molecule has 0 aliphatic heterocycles. The molecule has 0 aliphatic carbocycles. The fraction of sp³-hybridized carbons (Fsp3) is 0.0833. The topological polar surface area (TPSA) is 79.0 Å². The summed E-state index contributed by atoms with van der Waals surface area (Å²) in [5.41, 5.74) is 2.22. The maximum Gasteiger partial charge on any atom is 0.323 e. The molecule has 6 nitrogen and oxygen atoms in total. The maximum absolute atomic E-state index is 12.3. The zero-order valence-corrected chi connectivity index (χ0v) is 18.4. The molecule has 0 saturated carbocycles. The van der Waals surface area contributed by atoms with Crippen LogP contribution < -0.4 is 15.4 Å². The van der Waals surface area contributed by atoms with Gasteiger partial charge in [0, 0.05) is 46.3 Å². The number of anilines is 2. The summed E-state index contributed by atoms with van der Waals surface area (Å²) in [6.07, 6.45) is 3.50. The van der Waals surface area contributed by atoms with Crippen LogP contribution in [0, 0.1) is 0 Å². The predicted octanol–water partition coefficient (Wildman–Crippen LogP) is 6.72. The summed E-state index contributed by atoms with van der Waals surface area (Å²) < 4.78 is 6.23. The first kappa shape index (κ1) is 21.7. The van der Waals surface area contributed by atoms with Crippen LogP contribution in [0.15, 0.2) is 85.2 Å². The first-order chi connectivity index (χ1) is 15.5. The van der Waals surface area contributed by atoms with Gasteiger partial charge in [0.05, 0.1) is 0 Å². The van der Waals surface area contributed by atoms with E-state index in [0.29, 0.717) is 39.4 Å². The van der Waals surface area contributed by atoms with Crippen molar-refractivity contribution in [3.05, 3.63) is 107 Å². The van der Waals surface area contributed by atoms with E-state index in [-0.39, 0.29) is 6.03 Å². The predicted molar refractivity (Wildman–Crippen MR) is 128 cm³/mol. The fourth-order valence-electron chi connectivity index (χ4n) is 3.22. The number of amides is 2. The van der Waals surface area contributed by atoms with Crippen LogP contribution in [-0.2, 0) is 6.42 Å². The molecule has 4 rings (SSSR count). The fourth-order valence-corrected chi connectivity index (χ4v) is 3.79. The third-order valence-electron chi connectivity index (χ3n) is 4.57. The van der Waals surface area contributed by atoms with Crippen molar-refractivity contribution in [2.45, 2.75) is 12.5 Å². The van der Waals surface area contributed by atoms with Gasteiger partial charge in [-0.3, -0.25) is 0 Å². The Bertz CT molecular complexity index is 1160. The van der Waals surface area contributed by atoms with Gasteiger partial charge in [0.15, 0.2) is 6.10 Å². The number of para-hydroxylation sites is 1. The molecule has 0 bridgehead atoms. The van der Waals surface area contributed by atoms with Crippen LogP contribution in [-0.4, -0.2) is 16.0 Å². The second-order valence-electron chi connectivity index (χ2n) is 7.04. The summed E-state index contributed by atoms with van der Waals surface area (Å²) in [6.45, 7) is 0. The number of halogens is 2. The average Bonchev–Trinajstić information content (AvgIpc) is 3.28. The van der Waals surface area contributed by atoms with Crippen molar-refractivity contribution >= 4 is 40.6 Å². The van der Waals surface area contributed by atoms with Crippen LogP contribution in [0.3, 0.4) is 0 Å². The van der Waals surface area contributed by atoms with Gasteiger partial charge in [-0.1, -0.05) is 47.5 Å². The van der Waals surface area contributed by atoms with E-state index in [1.165, 1.54) is 0 Å². The molecule has 2 amide bonds. The molecule has 162 valence electrons. The van der Waals surface area contributed by atoms with E-state index in [2.05, 4.69) is 20.6 Å². The van der Waals surface area contributed by atoms with E-state index < -0.39 is 6.10 Å². The highest BCUT2D eigenvalue weighted by Gasteiger charge is 2.18. The lowest BCUT2D eigenvalue weighted by Gasteiger charge is -2.18. The van der Waals surface area contributed by atoms with Crippen molar-refractivity contribution in [2.24, 2.45) is 0 Å². The number of urea groups is 1. The van der Waals surface area contributed by atoms with Gasteiger partial charge in [0.1, 0.15) is 11.6 Å². The number of H-pyrrole nitrogens is 1. The molecular weight excluding hydrogens is 447 g/mol. The van der Waals surface area contributed by atoms with Gasteiger partial charge in [0.2, 0.25) is 0 Å². The summed E-state index contributed by atoms with van der Waals surface area (Å²) in [4.78, 5) is 19.7. The number of carbonyl (C=O) groups is 1. The lowest BCUT2D eigenvalue weighted by atomic mass is 10.1. The molecule has 0 spiro atoms. The number of aromatic amines is 1. The van der Waals surface area contributed by atoms with Gasteiger partial charge in [-0.2, -0.15) is 0 Å². The molecule has 1 aromatic heterocycles. The second kappa shape index (κ2) is 10.2. The maximum atomic E-state index is 12.3. The molecule has 0 fully saturated rings. The Balaban J connectivity index is 1.48. The minimum Gasteiger partial charge on any atom is -0.482 e. The van der Waals surface area contributed by atoms with Gasteiger partial charge in [-0.05, 0) is 48.0 Å². The molecule has 1 atom stereocenters. The van der Waals surface area contributed by atoms with Crippen molar-refractivity contribution in [2.75, 3.05) is 10.6 Å². The SMILES string of the molecule is O=C(Nc1ccccc1)Nc1cccc(OC(Cc2cc(Cl)cc(Cl)c2)c2ncc[nH]2)c1. The molecule has 8 heteroatoms.